The molecule has 0 bridgehead atoms. The molecule has 0 fully saturated rings. The number of nitrogens with one attached hydrogen (secondary N) is 1. The van der Waals surface area contributed by atoms with Crippen LogP contribution >= 0.6 is 11.3 Å². The summed E-state index contributed by atoms with van der Waals surface area (Å²) in [5.41, 5.74) is 5.92. The van der Waals surface area contributed by atoms with Gasteiger partial charge in [0, 0.05) is 17.2 Å². The summed E-state index contributed by atoms with van der Waals surface area (Å²) in [5.74, 6) is 6.53. The molecule has 0 amide bonds. The van der Waals surface area contributed by atoms with E-state index in [1.165, 1.54) is 0 Å². The minimum atomic E-state index is -0.0664. The monoisotopic (exact) mass is 287 g/mol. The van der Waals surface area contributed by atoms with Crippen molar-refractivity contribution in [1.82, 2.24) is 10.4 Å². The molecule has 0 saturated carbocycles. The van der Waals surface area contributed by atoms with E-state index >= 15 is 0 Å². The first-order chi connectivity index (χ1) is 9.67. The van der Waals surface area contributed by atoms with Crippen LogP contribution in [0.25, 0.3) is 11.0 Å². The molecule has 3 aromatic rings. The summed E-state index contributed by atoms with van der Waals surface area (Å²) < 4.78 is 5.96. The van der Waals surface area contributed by atoms with Gasteiger partial charge in [-0.1, -0.05) is 18.2 Å². The molecule has 0 spiro atoms. The van der Waals surface area contributed by atoms with Crippen LogP contribution in [0, 0.1) is 13.8 Å². The van der Waals surface area contributed by atoms with Crippen LogP contribution in [0.2, 0.25) is 0 Å². The van der Waals surface area contributed by atoms with Crippen LogP contribution < -0.4 is 11.3 Å². The second-order valence-electron chi connectivity index (χ2n) is 4.92. The number of thiazole rings is 1. The van der Waals surface area contributed by atoms with Crippen molar-refractivity contribution in [3.63, 3.8) is 0 Å². The van der Waals surface area contributed by atoms with Gasteiger partial charge in [0.05, 0.1) is 16.7 Å². The molecule has 3 N–H and O–H groups in total. The smallest absolute Gasteiger partial charge is 0.137 e. The van der Waals surface area contributed by atoms with Gasteiger partial charge in [0.2, 0.25) is 0 Å². The van der Waals surface area contributed by atoms with Crippen molar-refractivity contribution < 1.29 is 4.42 Å². The maximum absolute atomic E-state index is 5.96. The lowest BCUT2D eigenvalue weighted by atomic mass is 10.1. The zero-order valence-corrected chi connectivity index (χ0v) is 12.3. The van der Waals surface area contributed by atoms with Crippen LogP contribution in [-0.2, 0) is 6.42 Å². The number of aromatic nitrogens is 1. The molecule has 0 aliphatic rings. The first kappa shape index (κ1) is 13.3. The van der Waals surface area contributed by atoms with Crippen molar-refractivity contribution in [2.75, 3.05) is 0 Å². The normalized spacial score (nSPS) is 12.9. The molecule has 20 heavy (non-hydrogen) atoms. The number of nitrogens with zero attached hydrogens (tertiary/aromatic N) is 1. The predicted octanol–water partition coefficient (Wildman–Crippen LogP) is 3.25. The Hall–Kier alpha value is -1.69. The van der Waals surface area contributed by atoms with Crippen molar-refractivity contribution in [2.24, 2.45) is 5.84 Å². The van der Waals surface area contributed by atoms with E-state index in [4.69, 9.17) is 10.3 Å². The molecule has 5 heteroatoms. The summed E-state index contributed by atoms with van der Waals surface area (Å²) in [5, 5.41) is 4.24. The van der Waals surface area contributed by atoms with Crippen LogP contribution in [0.15, 0.2) is 34.1 Å². The van der Waals surface area contributed by atoms with Crippen LogP contribution in [0.3, 0.4) is 0 Å². The average molecular weight is 287 g/mol. The third kappa shape index (κ3) is 2.47. The number of aryl methyl sites for hydroxylation is 2. The minimum absolute atomic E-state index is 0.0664. The van der Waals surface area contributed by atoms with Crippen molar-refractivity contribution in [3.05, 3.63) is 51.7 Å². The van der Waals surface area contributed by atoms with Crippen LogP contribution in [0.1, 0.15) is 28.1 Å². The van der Waals surface area contributed by atoms with Crippen molar-refractivity contribution >= 4 is 22.3 Å². The standard InChI is InChI=1S/C15H17N3OS/c1-9-4-3-5-11-6-14(19-15(9)11)13(18-16)7-12-8-20-10(2)17-12/h3-6,8,13,18H,7,16H2,1-2H3. The van der Waals surface area contributed by atoms with Gasteiger partial charge in [-0.3, -0.25) is 5.84 Å². The highest BCUT2D eigenvalue weighted by atomic mass is 32.1. The van der Waals surface area contributed by atoms with Crippen molar-refractivity contribution in [1.29, 1.82) is 0 Å². The van der Waals surface area contributed by atoms with Crippen LogP contribution in [0.4, 0.5) is 0 Å². The Bertz CT molecular complexity index is 732. The number of para-hydroxylation sites is 1. The number of hydrazine groups is 1. The highest BCUT2D eigenvalue weighted by Crippen LogP contribution is 2.28. The predicted molar refractivity (Wildman–Crippen MR) is 81.6 cm³/mol. The molecule has 1 atom stereocenters. The van der Waals surface area contributed by atoms with Gasteiger partial charge in [-0.05, 0) is 25.5 Å². The zero-order valence-electron chi connectivity index (χ0n) is 11.5. The molecule has 2 heterocycles. The molecular formula is C15H17N3OS. The van der Waals surface area contributed by atoms with Gasteiger partial charge in [0.15, 0.2) is 0 Å². The summed E-state index contributed by atoms with van der Waals surface area (Å²) in [6.45, 7) is 4.05. The molecule has 0 aliphatic heterocycles. The molecule has 104 valence electrons. The lowest BCUT2D eigenvalue weighted by Crippen LogP contribution is -2.29. The summed E-state index contributed by atoms with van der Waals surface area (Å²) in [4.78, 5) is 4.48. The largest absolute Gasteiger partial charge is 0.459 e. The third-order valence-electron chi connectivity index (χ3n) is 3.38. The fraction of sp³-hybridized carbons (Fsp3) is 0.267. The van der Waals surface area contributed by atoms with Gasteiger partial charge in [0.1, 0.15) is 11.3 Å². The molecule has 1 aromatic carbocycles. The zero-order chi connectivity index (χ0) is 14.1. The highest BCUT2D eigenvalue weighted by molar-refractivity contribution is 7.09. The highest BCUT2D eigenvalue weighted by Gasteiger charge is 2.17. The summed E-state index contributed by atoms with van der Waals surface area (Å²) in [6, 6.07) is 8.11. The van der Waals surface area contributed by atoms with Gasteiger partial charge in [0.25, 0.3) is 0 Å². The number of hydrogen-bond acceptors (Lipinski definition) is 5. The fourth-order valence-corrected chi connectivity index (χ4v) is 2.98. The van der Waals surface area contributed by atoms with E-state index < -0.39 is 0 Å². The molecule has 4 nitrogen and oxygen atoms in total. The second kappa shape index (κ2) is 5.36. The van der Waals surface area contributed by atoms with Crippen molar-refractivity contribution in [2.45, 2.75) is 26.3 Å². The van der Waals surface area contributed by atoms with Gasteiger partial charge in [-0.2, -0.15) is 0 Å². The first-order valence-electron chi connectivity index (χ1n) is 6.53. The van der Waals surface area contributed by atoms with Gasteiger partial charge in [-0.25, -0.2) is 10.4 Å². The van der Waals surface area contributed by atoms with E-state index in [0.29, 0.717) is 0 Å². The van der Waals surface area contributed by atoms with E-state index in [1.807, 2.05) is 32.0 Å². The Morgan fingerprint density at radius 3 is 2.90 bits per heavy atom. The Labute approximate surface area is 121 Å². The van der Waals surface area contributed by atoms with E-state index in [0.717, 1.165) is 39.4 Å². The number of fused-ring (bicyclic) bond motifs is 1. The van der Waals surface area contributed by atoms with Gasteiger partial charge >= 0.3 is 0 Å². The second-order valence-corrected chi connectivity index (χ2v) is 5.99. The van der Waals surface area contributed by atoms with E-state index in [1.54, 1.807) is 11.3 Å². The number of nitrogens with two attached hydrogens (primary N) is 1. The molecule has 2 aromatic heterocycles. The Kier molecular flexibility index (Phi) is 3.56. The van der Waals surface area contributed by atoms with Crippen LogP contribution in [0.5, 0.6) is 0 Å². The number of furan rings is 1. The molecule has 0 aliphatic carbocycles. The number of benzene rings is 1. The lowest BCUT2D eigenvalue weighted by molar-refractivity contribution is 0.432. The van der Waals surface area contributed by atoms with Crippen LogP contribution in [-0.4, -0.2) is 4.98 Å². The lowest BCUT2D eigenvalue weighted by Gasteiger charge is -2.11. The summed E-state index contributed by atoms with van der Waals surface area (Å²) in [7, 11) is 0. The first-order valence-corrected chi connectivity index (χ1v) is 7.41. The summed E-state index contributed by atoms with van der Waals surface area (Å²) >= 11 is 1.65. The van der Waals surface area contributed by atoms with E-state index in [9.17, 15) is 0 Å². The quantitative estimate of drug-likeness (QED) is 0.571. The number of hydrogen-bond donors (Lipinski definition) is 2. The Morgan fingerprint density at radius 2 is 2.25 bits per heavy atom. The maximum atomic E-state index is 5.96. The van der Waals surface area contributed by atoms with Crippen molar-refractivity contribution in [3.8, 4) is 0 Å². The maximum Gasteiger partial charge on any atom is 0.137 e. The minimum Gasteiger partial charge on any atom is -0.459 e. The molecule has 3 rings (SSSR count). The molecular weight excluding hydrogens is 270 g/mol. The molecule has 0 radical (unpaired) electrons. The summed E-state index contributed by atoms with van der Waals surface area (Å²) in [6.07, 6.45) is 0.722. The molecule has 0 saturated heterocycles. The van der Waals surface area contributed by atoms with E-state index in [-0.39, 0.29) is 6.04 Å². The fourth-order valence-electron chi connectivity index (χ4n) is 2.35. The van der Waals surface area contributed by atoms with Gasteiger partial charge in [-0.15, -0.1) is 11.3 Å². The SMILES string of the molecule is Cc1nc(CC(NN)c2cc3cccc(C)c3o2)cs1. The average Bonchev–Trinajstić information content (AvgIpc) is 3.03. The topological polar surface area (TPSA) is 64.1 Å². The molecule has 1 unspecified atom stereocenters. The van der Waals surface area contributed by atoms with Gasteiger partial charge < -0.3 is 4.42 Å². The number of rotatable bonds is 4. The third-order valence-corrected chi connectivity index (χ3v) is 4.21. The Morgan fingerprint density at radius 1 is 1.40 bits per heavy atom. The van der Waals surface area contributed by atoms with E-state index in [2.05, 4.69) is 21.9 Å². The Balaban J connectivity index is 1.92.